The fraction of sp³-hybridized carbons (Fsp3) is 0.438. The molecule has 0 aliphatic carbocycles. The van der Waals surface area contributed by atoms with E-state index in [-0.39, 0.29) is 17.7 Å². The molecule has 0 spiro atoms. The molecular weight excluding hydrogens is 319 g/mol. The summed E-state index contributed by atoms with van der Waals surface area (Å²) in [5.74, 6) is -1.40. The van der Waals surface area contributed by atoms with Crippen molar-refractivity contribution in [1.82, 2.24) is 5.32 Å². The second-order valence-electron chi connectivity index (χ2n) is 5.03. The number of halogens is 1. The summed E-state index contributed by atoms with van der Waals surface area (Å²) in [5.41, 5.74) is 4.94. The number of Topliss-reactive ketones (excluding diaryl/α,β-unsaturated/α-hetero) is 1. The Kier molecular flexibility index (Phi) is 8.24. The van der Waals surface area contributed by atoms with Crippen molar-refractivity contribution in [2.24, 2.45) is 5.73 Å². The van der Waals surface area contributed by atoms with Crippen LogP contribution in [0.25, 0.3) is 0 Å². The van der Waals surface area contributed by atoms with Gasteiger partial charge in [0.2, 0.25) is 5.78 Å². The van der Waals surface area contributed by atoms with Gasteiger partial charge in [0.25, 0.3) is 0 Å². The van der Waals surface area contributed by atoms with Gasteiger partial charge in [-0.1, -0.05) is 6.42 Å². The van der Waals surface area contributed by atoms with Gasteiger partial charge in [0.05, 0.1) is 12.7 Å². The van der Waals surface area contributed by atoms with Gasteiger partial charge in [0, 0.05) is 13.0 Å². The molecule has 1 aromatic carbocycles. The molecule has 0 radical (unpaired) electrons. The van der Waals surface area contributed by atoms with Crippen LogP contribution in [0.15, 0.2) is 18.2 Å². The van der Waals surface area contributed by atoms with Gasteiger partial charge >= 0.3 is 12.0 Å². The van der Waals surface area contributed by atoms with Gasteiger partial charge in [0.1, 0.15) is 11.6 Å². The average Bonchev–Trinajstić information content (AvgIpc) is 2.55. The van der Waals surface area contributed by atoms with Gasteiger partial charge < -0.3 is 20.5 Å². The normalized spacial score (nSPS) is 10.1. The number of nitrogens with one attached hydrogen (secondary N) is 1. The molecule has 0 fully saturated rings. The van der Waals surface area contributed by atoms with Gasteiger partial charge in [-0.25, -0.2) is 9.18 Å². The minimum absolute atomic E-state index is 0.0304. The van der Waals surface area contributed by atoms with Crippen LogP contribution in [0.1, 0.15) is 36.0 Å². The summed E-state index contributed by atoms with van der Waals surface area (Å²) in [6.45, 7) is -0.0237. The topological polar surface area (TPSA) is 108 Å². The number of nitrogens with two attached hydrogens (primary N) is 1. The van der Waals surface area contributed by atoms with E-state index in [1.807, 2.05) is 0 Å². The van der Waals surface area contributed by atoms with Crippen molar-refractivity contribution in [2.75, 3.05) is 20.3 Å². The molecule has 0 saturated carbocycles. The highest BCUT2D eigenvalue weighted by Gasteiger charge is 2.15. The number of carbonyl (C=O) groups excluding carboxylic acids is 3. The molecule has 0 unspecified atom stereocenters. The maximum absolute atomic E-state index is 13.2. The molecule has 0 bridgehead atoms. The summed E-state index contributed by atoms with van der Waals surface area (Å²) in [5, 5.41) is 2.44. The van der Waals surface area contributed by atoms with E-state index in [0.717, 1.165) is 6.07 Å². The van der Waals surface area contributed by atoms with Gasteiger partial charge in [-0.2, -0.15) is 0 Å². The van der Waals surface area contributed by atoms with Crippen molar-refractivity contribution < 1.29 is 28.2 Å². The summed E-state index contributed by atoms with van der Waals surface area (Å²) in [6, 6.07) is 2.97. The zero-order valence-corrected chi connectivity index (χ0v) is 13.5. The van der Waals surface area contributed by atoms with Crippen LogP contribution in [-0.2, 0) is 9.53 Å². The van der Waals surface area contributed by atoms with Crippen LogP contribution in [0.3, 0.4) is 0 Å². The van der Waals surface area contributed by atoms with Crippen LogP contribution in [0.4, 0.5) is 9.18 Å². The molecule has 3 N–H and O–H groups in total. The van der Waals surface area contributed by atoms with Crippen molar-refractivity contribution in [3.8, 4) is 5.75 Å². The summed E-state index contributed by atoms with van der Waals surface area (Å²) < 4.78 is 23.1. The minimum Gasteiger partial charge on any atom is -0.496 e. The van der Waals surface area contributed by atoms with E-state index in [1.54, 1.807) is 0 Å². The second kappa shape index (κ2) is 10.2. The van der Waals surface area contributed by atoms with Crippen LogP contribution in [0.5, 0.6) is 5.75 Å². The quantitative estimate of drug-likeness (QED) is 0.383. The highest BCUT2D eigenvalue weighted by Crippen LogP contribution is 2.20. The number of urea groups is 1. The third-order valence-corrected chi connectivity index (χ3v) is 3.18. The largest absolute Gasteiger partial charge is 0.496 e. The predicted molar refractivity (Wildman–Crippen MR) is 84.3 cm³/mol. The lowest BCUT2D eigenvalue weighted by molar-refractivity contribution is -0.142. The standard InChI is InChI=1S/C16H21FN2O5/c1-23-14-7-6-11(17)9-12(14)13(20)10-24-15(21)5-3-2-4-8-19-16(18)22/h6-7,9H,2-5,8,10H2,1H3,(H3,18,19,22). The first-order chi connectivity index (χ1) is 11.4. The second-order valence-corrected chi connectivity index (χ2v) is 5.03. The van der Waals surface area contributed by atoms with E-state index in [2.05, 4.69) is 5.32 Å². The lowest BCUT2D eigenvalue weighted by Gasteiger charge is -2.08. The third-order valence-electron chi connectivity index (χ3n) is 3.18. The summed E-state index contributed by atoms with van der Waals surface area (Å²) in [4.78, 5) is 34.0. The highest BCUT2D eigenvalue weighted by molar-refractivity contribution is 6.00. The van der Waals surface area contributed by atoms with Gasteiger partial charge in [-0.05, 0) is 31.0 Å². The number of esters is 1. The van der Waals surface area contributed by atoms with Gasteiger partial charge in [-0.3, -0.25) is 9.59 Å². The average molecular weight is 340 g/mol. The van der Waals surface area contributed by atoms with Crippen LogP contribution >= 0.6 is 0 Å². The molecule has 0 heterocycles. The zero-order chi connectivity index (χ0) is 17.9. The Hall–Kier alpha value is -2.64. The first-order valence-corrected chi connectivity index (χ1v) is 7.49. The van der Waals surface area contributed by atoms with E-state index in [4.69, 9.17) is 15.2 Å². The van der Waals surface area contributed by atoms with Gasteiger partial charge in [0.15, 0.2) is 6.61 Å². The molecule has 0 aliphatic rings. The zero-order valence-electron chi connectivity index (χ0n) is 13.5. The van der Waals surface area contributed by atoms with Crippen molar-refractivity contribution in [3.05, 3.63) is 29.6 Å². The molecule has 1 rings (SSSR count). The Balaban J connectivity index is 2.30. The fourth-order valence-corrected chi connectivity index (χ4v) is 1.98. The number of ether oxygens (including phenoxy) is 2. The smallest absolute Gasteiger partial charge is 0.312 e. The molecule has 24 heavy (non-hydrogen) atoms. The SMILES string of the molecule is COc1ccc(F)cc1C(=O)COC(=O)CCCCCNC(N)=O. The number of benzene rings is 1. The Morgan fingerprint density at radius 2 is 1.96 bits per heavy atom. The molecule has 7 nitrogen and oxygen atoms in total. The highest BCUT2D eigenvalue weighted by atomic mass is 19.1. The predicted octanol–water partition coefficient (Wildman–Crippen LogP) is 1.79. The molecule has 132 valence electrons. The number of primary amides is 1. The third kappa shape index (κ3) is 7.08. The van der Waals surface area contributed by atoms with Crippen LogP contribution in [0, 0.1) is 5.82 Å². The molecule has 0 saturated heterocycles. The summed E-state index contributed by atoms with van der Waals surface area (Å²) in [6.07, 6.45) is 2.12. The van der Waals surface area contributed by atoms with Crippen molar-refractivity contribution in [1.29, 1.82) is 0 Å². The molecule has 8 heteroatoms. The van der Waals surface area contributed by atoms with Crippen LogP contribution in [0.2, 0.25) is 0 Å². The van der Waals surface area contributed by atoms with E-state index >= 15 is 0 Å². The number of hydrogen-bond acceptors (Lipinski definition) is 5. The Morgan fingerprint density at radius 3 is 2.62 bits per heavy atom. The number of methoxy groups -OCH3 is 1. The number of rotatable bonds is 10. The Morgan fingerprint density at radius 1 is 1.21 bits per heavy atom. The first-order valence-electron chi connectivity index (χ1n) is 7.49. The van der Waals surface area contributed by atoms with E-state index in [1.165, 1.54) is 19.2 Å². The Labute approximate surface area is 139 Å². The van der Waals surface area contributed by atoms with E-state index < -0.39 is 30.2 Å². The number of amides is 2. The Bertz CT molecular complexity index is 592. The van der Waals surface area contributed by atoms with Crippen LogP contribution in [-0.4, -0.2) is 38.0 Å². The molecule has 0 aromatic heterocycles. The van der Waals surface area contributed by atoms with E-state index in [9.17, 15) is 18.8 Å². The molecule has 2 amide bonds. The van der Waals surface area contributed by atoms with Gasteiger partial charge in [-0.15, -0.1) is 0 Å². The lowest BCUT2D eigenvalue weighted by atomic mass is 10.1. The first kappa shape index (κ1) is 19.4. The van der Waals surface area contributed by atoms with E-state index in [0.29, 0.717) is 25.8 Å². The lowest BCUT2D eigenvalue weighted by Crippen LogP contribution is -2.29. The number of hydrogen-bond donors (Lipinski definition) is 2. The number of ketones is 1. The monoisotopic (exact) mass is 340 g/mol. The number of carbonyl (C=O) groups is 3. The number of unbranched alkanes of at least 4 members (excludes halogenated alkanes) is 2. The fourth-order valence-electron chi connectivity index (χ4n) is 1.98. The minimum atomic E-state index is -0.583. The maximum atomic E-state index is 13.2. The molecule has 0 aliphatic heterocycles. The van der Waals surface area contributed by atoms with Crippen molar-refractivity contribution in [2.45, 2.75) is 25.7 Å². The molecule has 1 aromatic rings. The van der Waals surface area contributed by atoms with Crippen molar-refractivity contribution in [3.63, 3.8) is 0 Å². The maximum Gasteiger partial charge on any atom is 0.312 e. The summed E-state index contributed by atoms with van der Waals surface area (Å²) >= 11 is 0. The summed E-state index contributed by atoms with van der Waals surface area (Å²) in [7, 11) is 1.36. The van der Waals surface area contributed by atoms with Crippen molar-refractivity contribution >= 4 is 17.8 Å². The van der Waals surface area contributed by atoms with Crippen LogP contribution < -0.4 is 15.8 Å². The molecule has 0 atom stereocenters. The molecular formula is C16H21FN2O5.